The molecule has 0 spiro atoms. The van der Waals surface area contributed by atoms with Crippen molar-refractivity contribution in [3.8, 4) is 0 Å². The summed E-state index contributed by atoms with van der Waals surface area (Å²) < 4.78 is 23.8. The van der Waals surface area contributed by atoms with Crippen molar-refractivity contribution in [1.29, 1.82) is 0 Å². The molecule has 1 aliphatic rings. The SMILES string of the molecule is CNC(=O)C1(C)CCN(S(C)(=O)=O)C1. The van der Waals surface area contributed by atoms with Crippen molar-refractivity contribution in [2.75, 3.05) is 26.4 Å². The van der Waals surface area contributed by atoms with Crippen LogP contribution in [0.5, 0.6) is 0 Å². The maximum absolute atomic E-state index is 11.5. The zero-order valence-corrected chi connectivity index (χ0v) is 9.52. The standard InChI is InChI=1S/C8H16N2O3S/c1-8(7(11)9-2)4-5-10(6-8)14(3,12)13/h4-6H2,1-3H3,(H,9,11). The predicted octanol–water partition coefficient (Wildman–Crippen LogP) is -0.596. The number of carbonyl (C=O) groups is 1. The Morgan fingerprint density at radius 1 is 1.50 bits per heavy atom. The van der Waals surface area contributed by atoms with Gasteiger partial charge in [0.25, 0.3) is 0 Å². The van der Waals surface area contributed by atoms with Crippen LogP contribution < -0.4 is 5.32 Å². The molecule has 1 N–H and O–H groups in total. The Morgan fingerprint density at radius 3 is 2.43 bits per heavy atom. The van der Waals surface area contributed by atoms with E-state index >= 15 is 0 Å². The number of carbonyl (C=O) groups excluding carboxylic acids is 1. The zero-order valence-electron chi connectivity index (χ0n) is 8.70. The maximum Gasteiger partial charge on any atom is 0.227 e. The van der Waals surface area contributed by atoms with Crippen LogP contribution in [0.2, 0.25) is 0 Å². The van der Waals surface area contributed by atoms with E-state index in [2.05, 4.69) is 5.32 Å². The minimum Gasteiger partial charge on any atom is -0.359 e. The summed E-state index contributed by atoms with van der Waals surface area (Å²) in [6, 6.07) is 0. The van der Waals surface area contributed by atoms with Gasteiger partial charge in [-0.05, 0) is 13.3 Å². The second-order valence-corrected chi connectivity index (χ2v) is 5.97. The third kappa shape index (κ3) is 2.06. The van der Waals surface area contributed by atoms with Gasteiger partial charge in [-0.2, -0.15) is 0 Å². The van der Waals surface area contributed by atoms with E-state index in [1.807, 2.05) is 0 Å². The quantitative estimate of drug-likeness (QED) is 0.676. The average molecular weight is 220 g/mol. The van der Waals surface area contributed by atoms with Crippen molar-refractivity contribution in [2.24, 2.45) is 5.41 Å². The lowest BCUT2D eigenvalue weighted by Gasteiger charge is -2.21. The summed E-state index contributed by atoms with van der Waals surface area (Å²) in [4.78, 5) is 11.5. The van der Waals surface area contributed by atoms with Crippen LogP contribution in [0.15, 0.2) is 0 Å². The second-order valence-electron chi connectivity index (χ2n) is 3.99. The van der Waals surface area contributed by atoms with E-state index in [0.717, 1.165) is 0 Å². The first-order valence-corrected chi connectivity index (χ1v) is 6.32. The van der Waals surface area contributed by atoms with Gasteiger partial charge in [0, 0.05) is 20.1 Å². The maximum atomic E-state index is 11.5. The second kappa shape index (κ2) is 3.51. The number of rotatable bonds is 2. The van der Waals surface area contributed by atoms with Crippen LogP contribution in [0.3, 0.4) is 0 Å². The fourth-order valence-corrected chi connectivity index (χ4v) is 2.63. The van der Waals surface area contributed by atoms with Crippen molar-refractivity contribution in [1.82, 2.24) is 9.62 Å². The molecule has 14 heavy (non-hydrogen) atoms. The van der Waals surface area contributed by atoms with Crippen LogP contribution in [0.25, 0.3) is 0 Å². The van der Waals surface area contributed by atoms with Crippen LogP contribution in [-0.4, -0.2) is 45.0 Å². The molecule has 1 fully saturated rings. The van der Waals surface area contributed by atoms with Gasteiger partial charge < -0.3 is 5.32 Å². The Labute approximate surface area is 84.5 Å². The highest BCUT2D eigenvalue weighted by molar-refractivity contribution is 7.88. The van der Waals surface area contributed by atoms with Gasteiger partial charge in [-0.1, -0.05) is 0 Å². The summed E-state index contributed by atoms with van der Waals surface area (Å²) in [6.45, 7) is 2.51. The number of hydrogen-bond donors (Lipinski definition) is 1. The Hall–Kier alpha value is -0.620. The van der Waals surface area contributed by atoms with Crippen molar-refractivity contribution in [3.63, 3.8) is 0 Å². The smallest absolute Gasteiger partial charge is 0.227 e. The summed E-state index contributed by atoms with van der Waals surface area (Å²) in [5.41, 5.74) is -0.572. The molecule has 1 heterocycles. The van der Waals surface area contributed by atoms with Crippen LogP contribution in [0, 0.1) is 5.41 Å². The van der Waals surface area contributed by atoms with Gasteiger partial charge in [-0.15, -0.1) is 0 Å². The first-order chi connectivity index (χ1) is 6.29. The Morgan fingerprint density at radius 2 is 2.07 bits per heavy atom. The van der Waals surface area contributed by atoms with Gasteiger partial charge >= 0.3 is 0 Å². The molecular weight excluding hydrogens is 204 g/mol. The van der Waals surface area contributed by atoms with E-state index < -0.39 is 15.4 Å². The molecular formula is C8H16N2O3S. The molecule has 1 atom stereocenters. The normalized spacial score (nSPS) is 29.1. The number of nitrogens with one attached hydrogen (secondary N) is 1. The van der Waals surface area contributed by atoms with E-state index in [1.54, 1.807) is 14.0 Å². The molecule has 1 unspecified atom stereocenters. The zero-order chi connectivity index (χ0) is 11.0. The van der Waals surface area contributed by atoms with Crippen LogP contribution in [0.4, 0.5) is 0 Å². The van der Waals surface area contributed by atoms with E-state index in [0.29, 0.717) is 13.0 Å². The topological polar surface area (TPSA) is 66.5 Å². The van der Waals surface area contributed by atoms with Gasteiger partial charge in [-0.3, -0.25) is 4.79 Å². The van der Waals surface area contributed by atoms with E-state index in [-0.39, 0.29) is 12.5 Å². The van der Waals surface area contributed by atoms with Gasteiger partial charge in [0.15, 0.2) is 0 Å². The van der Waals surface area contributed by atoms with Gasteiger partial charge in [0.1, 0.15) is 0 Å². The molecule has 0 saturated carbocycles. The summed E-state index contributed by atoms with van der Waals surface area (Å²) in [7, 11) is -1.60. The highest BCUT2D eigenvalue weighted by Crippen LogP contribution is 2.31. The molecule has 0 aromatic carbocycles. The molecule has 1 amide bonds. The van der Waals surface area contributed by atoms with Crippen molar-refractivity contribution >= 4 is 15.9 Å². The number of amides is 1. The fraction of sp³-hybridized carbons (Fsp3) is 0.875. The summed E-state index contributed by atoms with van der Waals surface area (Å²) >= 11 is 0. The van der Waals surface area contributed by atoms with Crippen molar-refractivity contribution in [2.45, 2.75) is 13.3 Å². The van der Waals surface area contributed by atoms with E-state index in [1.165, 1.54) is 10.6 Å². The third-order valence-corrected chi connectivity index (χ3v) is 3.93. The predicted molar refractivity (Wildman–Crippen MR) is 53.2 cm³/mol. The number of hydrogen-bond acceptors (Lipinski definition) is 3. The Balaban J connectivity index is 2.79. The first kappa shape index (κ1) is 11.5. The monoisotopic (exact) mass is 220 g/mol. The van der Waals surface area contributed by atoms with Crippen LogP contribution in [0.1, 0.15) is 13.3 Å². The van der Waals surface area contributed by atoms with Crippen LogP contribution >= 0.6 is 0 Å². The molecule has 0 aliphatic carbocycles. The van der Waals surface area contributed by atoms with E-state index in [4.69, 9.17) is 0 Å². The molecule has 1 saturated heterocycles. The lowest BCUT2D eigenvalue weighted by molar-refractivity contribution is -0.128. The molecule has 5 nitrogen and oxygen atoms in total. The molecule has 82 valence electrons. The summed E-state index contributed by atoms with van der Waals surface area (Å²) in [5, 5.41) is 2.56. The molecule has 0 radical (unpaired) electrons. The lowest BCUT2D eigenvalue weighted by Crippen LogP contribution is -2.40. The first-order valence-electron chi connectivity index (χ1n) is 4.47. The molecule has 0 aromatic rings. The number of nitrogens with zero attached hydrogens (tertiary/aromatic N) is 1. The van der Waals surface area contributed by atoms with Crippen LogP contribution in [-0.2, 0) is 14.8 Å². The summed E-state index contributed by atoms with van der Waals surface area (Å²) in [6.07, 6.45) is 1.75. The number of sulfonamides is 1. The van der Waals surface area contributed by atoms with Crippen molar-refractivity contribution in [3.05, 3.63) is 0 Å². The summed E-state index contributed by atoms with van der Waals surface area (Å²) in [5.74, 6) is -0.0938. The lowest BCUT2D eigenvalue weighted by atomic mass is 9.89. The van der Waals surface area contributed by atoms with Gasteiger partial charge in [-0.25, -0.2) is 12.7 Å². The Kier molecular flexibility index (Phi) is 2.87. The fourth-order valence-electron chi connectivity index (χ4n) is 1.69. The highest BCUT2D eigenvalue weighted by Gasteiger charge is 2.42. The minimum absolute atomic E-state index is 0.0938. The molecule has 1 rings (SSSR count). The van der Waals surface area contributed by atoms with Crippen molar-refractivity contribution < 1.29 is 13.2 Å². The third-order valence-electron chi connectivity index (χ3n) is 2.68. The molecule has 6 heteroatoms. The Bertz CT molecular complexity index is 338. The molecule has 0 bridgehead atoms. The van der Waals surface area contributed by atoms with E-state index in [9.17, 15) is 13.2 Å². The highest BCUT2D eigenvalue weighted by atomic mass is 32.2. The van der Waals surface area contributed by atoms with Gasteiger partial charge in [0.05, 0.1) is 11.7 Å². The minimum atomic E-state index is -3.16. The average Bonchev–Trinajstić information content (AvgIpc) is 2.47. The molecule has 1 aliphatic heterocycles. The largest absolute Gasteiger partial charge is 0.359 e. The van der Waals surface area contributed by atoms with Gasteiger partial charge in [0.2, 0.25) is 15.9 Å². The molecule has 0 aromatic heterocycles.